The molecule has 21 heavy (non-hydrogen) atoms. The molecular weight excluding hydrogens is 282 g/mol. The molecule has 2 bridgehead atoms. The van der Waals surface area contributed by atoms with Crippen molar-refractivity contribution in [2.24, 2.45) is 17.8 Å². The fraction of sp³-hybridized carbons (Fsp3) is 0.824. The van der Waals surface area contributed by atoms with Crippen LogP contribution in [-0.4, -0.2) is 26.6 Å². The van der Waals surface area contributed by atoms with Gasteiger partial charge in [-0.15, -0.1) is 0 Å². The number of hydrogen-bond donors (Lipinski definition) is 0. The Morgan fingerprint density at radius 3 is 2.48 bits per heavy atom. The summed E-state index contributed by atoms with van der Waals surface area (Å²) in [5.74, 6) is 0.922. The number of unbranched alkanes of at least 4 members (excludes halogenated alkanes) is 5. The first kappa shape index (κ1) is 15.4. The van der Waals surface area contributed by atoms with E-state index < -0.39 is 11.4 Å². The lowest BCUT2D eigenvalue weighted by atomic mass is 9.68. The molecule has 1 amide bonds. The van der Waals surface area contributed by atoms with E-state index in [1.54, 1.807) is 4.31 Å². The van der Waals surface area contributed by atoms with Crippen LogP contribution in [0.1, 0.15) is 58.3 Å². The molecule has 3 aliphatic carbocycles. The van der Waals surface area contributed by atoms with E-state index in [1.807, 2.05) is 0 Å². The van der Waals surface area contributed by atoms with Crippen LogP contribution >= 0.6 is 0 Å². The molecule has 0 radical (unpaired) electrons. The SMILES string of the molecule is CCCCCCCCN1C(=O)[C@@H]2[C@@H]([C@@H]3C=C[C@H]2CC3)[S+]1[O-]. The quantitative estimate of drug-likeness (QED) is 0.411. The molecule has 4 heteroatoms. The molecule has 4 aliphatic rings. The van der Waals surface area contributed by atoms with Crippen molar-refractivity contribution in [1.82, 2.24) is 4.31 Å². The molecule has 0 aromatic rings. The van der Waals surface area contributed by atoms with Crippen molar-refractivity contribution in [2.45, 2.75) is 63.5 Å². The van der Waals surface area contributed by atoms with Crippen molar-refractivity contribution >= 4 is 17.3 Å². The third-order valence-corrected chi connectivity index (χ3v) is 7.28. The predicted octanol–water partition coefficient (Wildman–Crippen LogP) is 3.43. The Morgan fingerprint density at radius 2 is 1.81 bits per heavy atom. The Kier molecular flexibility index (Phi) is 4.95. The summed E-state index contributed by atoms with van der Waals surface area (Å²) in [7, 11) is 0. The Bertz CT molecular complexity index is 412. The van der Waals surface area contributed by atoms with E-state index in [0.29, 0.717) is 18.4 Å². The van der Waals surface area contributed by atoms with Crippen LogP contribution < -0.4 is 0 Å². The lowest BCUT2D eigenvalue weighted by Crippen LogP contribution is -2.42. The van der Waals surface area contributed by atoms with Gasteiger partial charge in [0.25, 0.3) is 5.91 Å². The zero-order valence-electron chi connectivity index (χ0n) is 13.0. The van der Waals surface area contributed by atoms with Crippen LogP contribution in [0.25, 0.3) is 0 Å². The number of nitrogens with zero attached hydrogens (tertiary/aromatic N) is 1. The minimum Gasteiger partial charge on any atom is -0.593 e. The molecule has 5 atom stereocenters. The summed E-state index contributed by atoms with van der Waals surface area (Å²) >= 11 is -1.08. The van der Waals surface area contributed by atoms with Gasteiger partial charge >= 0.3 is 0 Å². The van der Waals surface area contributed by atoms with Crippen molar-refractivity contribution in [3.05, 3.63) is 12.2 Å². The first-order valence-corrected chi connectivity index (χ1v) is 9.81. The van der Waals surface area contributed by atoms with Crippen molar-refractivity contribution in [3.63, 3.8) is 0 Å². The maximum Gasteiger partial charge on any atom is 0.272 e. The second-order valence-electron chi connectivity index (χ2n) is 6.76. The van der Waals surface area contributed by atoms with Gasteiger partial charge in [-0.1, -0.05) is 51.2 Å². The fourth-order valence-electron chi connectivity index (χ4n) is 4.18. The largest absolute Gasteiger partial charge is 0.593 e. The summed E-state index contributed by atoms with van der Waals surface area (Å²) in [6.45, 7) is 2.92. The summed E-state index contributed by atoms with van der Waals surface area (Å²) < 4.78 is 14.4. The Morgan fingerprint density at radius 1 is 1.14 bits per heavy atom. The van der Waals surface area contributed by atoms with E-state index >= 15 is 0 Å². The van der Waals surface area contributed by atoms with Crippen LogP contribution in [0.4, 0.5) is 0 Å². The predicted molar refractivity (Wildman–Crippen MR) is 85.9 cm³/mol. The highest BCUT2D eigenvalue weighted by Gasteiger charge is 2.60. The molecule has 1 aliphatic heterocycles. The van der Waals surface area contributed by atoms with Crippen LogP contribution in [0, 0.1) is 17.8 Å². The highest BCUT2D eigenvalue weighted by Crippen LogP contribution is 2.49. The lowest BCUT2D eigenvalue weighted by Gasteiger charge is -2.37. The van der Waals surface area contributed by atoms with Crippen LogP contribution in [0.2, 0.25) is 0 Å². The van der Waals surface area contributed by atoms with E-state index in [9.17, 15) is 9.35 Å². The molecule has 1 saturated heterocycles. The van der Waals surface area contributed by atoms with E-state index in [2.05, 4.69) is 19.1 Å². The van der Waals surface area contributed by atoms with Crippen LogP contribution in [0.3, 0.4) is 0 Å². The van der Waals surface area contributed by atoms with Crippen LogP contribution in [-0.2, 0) is 16.2 Å². The Balaban J connectivity index is 1.52. The maximum absolute atomic E-state index is 12.7. The molecule has 0 spiro atoms. The van der Waals surface area contributed by atoms with Gasteiger partial charge < -0.3 is 4.55 Å². The molecule has 4 rings (SSSR count). The Hall–Kier alpha value is -0.480. The number of carbonyl (C=O) groups excluding carboxylic acids is 1. The molecule has 1 saturated carbocycles. The number of allylic oxidation sites excluding steroid dienone is 2. The summed E-state index contributed by atoms with van der Waals surface area (Å²) in [6.07, 6.45) is 13.9. The van der Waals surface area contributed by atoms with Crippen LogP contribution in [0.5, 0.6) is 0 Å². The molecule has 3 nitrogen and oxygen atoms in total. The molecule has 2 fully saturated rings. The van der Waals surface area contributed by atoms with Crippen molar-refractivity contribution < 1.29 is 9.35 Å². The first-order chi connectivity index (χ1) is 10.2. The van der Waals surface area contributed by atoms with E-state index in [1.165, 1.54) is 25.7 Å². The van der Waals surface area contributed by atoms with Gasteiger partial charge in [0.05, 0.1) is 23.8 Å². The van der Waals surface area contributed by atoms with Crippen LogP contribution in [0.15, 0.2) is 12.2 Å². The number of fused-ring (bicyclic) bond motifs is 1. The number of hydrogen-bond acceptors (Lipinski definition) is 2. The number of carbonyl (C=O) groups is 1. The first-order valence-electron chi connectivity index (χ1n) is 8.64. The van der Waals surface area contributed by atoms with E-state index in [0.717, 1.165) is 25.7 Å². The van der Waals surface area contributed by atoms with Gasteiger partial charge in [-0.05, 0) is 25.2 Å². The third kappa shape index (κ3) is 2.89. The summed E-state index contributed by atoms with van der Waals surface area (Å²) in [6, 6.07) is 0. The van der Waals surface area contributed by atoms with Crippen molar-refractivity contribution in [3.8, 4) is 0 Å². The van der Waals surface area contributed by atoms with Gasteiger partial charge in [0.2, 0.25) is 0 Å². The second kappa shape index (κ2) is 6.74. The average molecular weight is 309 g/mol. The fourth-order valence-corrected chi connectivity index (χ4v) is 6.18. The molecular formula is C17H27NO2S. The highest BCUT2D eigenvalue weighted by atomic mass is 32.2. The molecule has 0 N–H and O–H groups in total. The van der Waals surface area contributed by atoms with Gasteiger partial charge in [0, 0.05) is 5.92 Å². The maximum atomic E-state index is 12.7. The van der Waals surface area contributed by atoms with Gasteiger partial charge in [0.1, 0.15) is 0 Å². The zero-order chi connectivity index (χ0) is 14.8. The Labute approximate surface area is 131 Å². The number of rotatable bonds is 7. The topological polar surface area (TPSA) is 43.4 Å². The summed E-state index contributed by atoms with van der Waals surface area (Å²) in [4.78, 5) is 12.6. The lowest BCUT2D eigenvalue weighted by molar-refractivity contribution is -0.131. The zero-order valence-corrected chi connectivity index (χ0v) is 13.8. The summed E-state index contributed by atoms with van der Waals surface area (Å²) in [5, 5.41) is 0.0846. The smallest absolute Gasteiger partial charge is 0.272 e. The second-order valence-corrected chi connectivity index (χ2v) is 8.30. The van der Waals surface area contributed by atoms with Gasteiger partial charge in [-0.3, -0.25) is 4.79 Å². The van der Waals surface area contributed by atoms with E-state index in [4.69, 9.17) is 0 Å². The minimum absolute atomic E-state index is 0.0228. The van der Waals surface area contributed by atoms with Crippen molar-refractivity contribution in [1.29, 1.82) is 0 Å². The average Bonchev–Trinajstić information content (AvgIpc) is 2.78. The molecule has 1 heterocycles. The molecule has 0 aromatic heterocycles. The molecule has 1 unspecified atom stereocenters. The van der Waals surface area contributed by atoms with Gasteiger partial charge in [-0.2, -0.15) is 4.31 Å². The summed E-state index contributed by atoms with van der Waals surface area (Å²) in [5.41, 5.74) is 0. The van der Waals surface area contributed by atoms with Gasteiger partial charge in [0.15, 0.2) is 5.25 Å². The standard InChI is InChI=1S/C17H27NO2S/c1-2-3-4-5-6-7-12-18-17(19)15-13-8-10-14(11-9-13)16(15)21(18)20/h8,10,13-16H,2-7,9,11-12H2,1H3/t13-,14+,15-,16+,21?/m0/s1. The monoisotopic (exact) mass is 309 g/mol. The third-order valence-electron chi connectivity index (χ3n) is 5.37. The minimum atomic E-state index is -1.08. The van der Waals surface area contributed by atoms with Crippen molar-refractivity contribution in [2.75, 3.05) is 6.54 Å². The van der Waals surface area contributed by atoms with E-state index in [-0.39, 0.29) is 17.1 Å². The number of amides is 1. The highest BCUT2D eigenvalue weighted by molar-refractivity contribution is 7.90. The molecule has 0 aromatic carbocycles. The van der Waals surface area contributed by atoms with Gasteiger partial charge in [-0.25, -0.2) is 0 Å². The normalized spacial score (nSPS) is 37.3. The molecule has 118 valence electrons.